The molecule has 1 amide bonds. The summed E-state index contributed by atoms with van der Waals surface area (Å²) >= 11 is 0. The Kier molecular flexibility index (Phi) is 5.12. The normalized spacial score (nSPS) is 10.5. The van der Waals surface area contributed by atoms with Crippen LogP contribution in [-0.2, 0) is 11.3 Å². The van der Waals surface area contributed by atoms with E-state index in [1.807, 2.05) is 0 Å². The number of rotatable bonds is 5. The van der Waals surface area contributed by atoms with Crippen LogP contribution in [0, 0.1) is 10.7 Å². The number of nitrogens with zero attached hydrogens (tertiary/aromatic N) is 3. The second kappa shape index (κ2) is 7.66. The number of aromatic nitrogens is 2. The lowest BCUT2D eigenvalue weighted by Gasteiger charge is -2.10. The number of benzene rings is 1. The highest BCUT2D eigenvalue weighted by atomic mass is 19.1. The zero-order valence-corrected chi connectivity index (χ0v) is 14.3. The first-order valence-electron chi connectivity index (χ1n) is 8.00. The summed E-state index contributed by atoms with van der Waals surface area (Å²) in [6.45, 7) is -0.500. The van der Waals surface area contributed by atoms with Crippen LogP contribution in [0.2, 0.25) is 0 Å². The molecule has 0 saturated carbocycles. The lowest BCUT2D eigenvalue weighted by molar-refractivity contribution is -0.730. The summed E-state index contributed by atoms with van der Waals surface area (Å²) in [5, 5.41) is 11.2. The summed E-state index contributed by atoms with van der Waals surface area (Å²) in [5.41, 5.74) is -1.64. The lowest BCUT2D eigenvalue weighted by atomic mass is 10.2. The van der Waals surface area contributed by atoms with Crippen molar-refractivity contribution in [1.82, 2.24) is 9.13 Å². The summed E-state index contributed by atoms with van der Waals surface area (Å²) in [4.78, 5) is 46.2. The van der Waals surface area contributed by atoms with Gasteiger partial charge in [-0.2, -0.15) is 0 Å². The van der Waals surface area contributed by atoms with Crippen LogP contribution in [0.1, 0.15) is 0 Å². The highest BCUT2D eigenvalue weighted by Gasteiger charge is 2.20. The first-order chi connectivity index (χ1) is 13.4. The first-order valence-corrected chi connectivity index (χ1v) is 8.00. The molecule has 28 heavy (non-hydrogen) atoms. The molecule has 0 radical (unpaired) electrons. The molecule has 0 aliphatic carbocycles. The second-order valence-electron chi connectivity index (χ2n) is 5.72. The topological polar surface area (TPSA) is 113 Å². The maximum absolute atomic E-state index is 14.3. The minimum Gasteiger partial charge on any atom is -0.322 e. The van der Waals surface area contributed by atoms with Crippen LogP contribution in [0.3, 0.4) is 0 Å². The molecule has 1 aromatic carbocycles. The molecule has 0 unspecified atom stereocenters. The van der Waals surface area contributed by atoms with Crippen molar-refractivity contribution in [2.24, 2.45) is 0 Å². The van der Waals surface area contributed by atoms with E-state index in [2.05, 4.69) is 5.32 Å². The number of amides is 1. The molecule has 0 spiro atoms. The van der Waals surface area contributed by atoms with Crippen LogP contribution < -0.4 is 16.4 Å². The quantitative estimate of drug-likeness (QED) is 0.648. The van der Waals surface area contributed by atoms with Crippen molar-refractivity contribution in [1.29, 1.82) is 0 Å². The largest absolute Gasteiger partial charge is 0.381 e. The standard InChI is InChI=1S/C18H13FN4O5/c19-13-10-12(22-9-2-1-5-17(22)25)6-7-14(13)20-16(24)11-21-8-3-4-15(18(21)26)23(27)28/h1-10H,11H2,(H-,20,24,27,28)/p+1. The number of hydrogen-bond acceptors (Lipinski definition) is 4. The van der Waals surface area contributed by atoms with Crippen molar-refractivity contribution < 1.29 is 19.3 Å². The third kappa shape index (κ3) is 3.85. The van der Waals surface area contributed by atoms with E-state index in [9.17, 15) is 23.7 Å². The van der Waals surface area contributed by atoms with E-state index >= 15 is 0 Å². The summed E-state index contributed by atoms with van der Waals surface area (Å²) < 4.78 is 16.5. The number of carbonyl (C=O) groups is 1. The van der Waals surface area contributed by atoms with Crippen LogP contribution in [0.15, 0.2) is 70.5 Å². The van der Waals surface area contributed by atoms with Gasteiger partial charge in [-0.25, -0.2) is 9.60 Å². The Balaban J connectivity index is 1.79. The van der Waals surface area contributed by atoms with Gasteiger partial charge in [-0.05, 0) is 24.3 Å². The van der Waals surface area contributed by atoms with Gasteiger partial charge < -0.3 is 9.88 Å². The smallest absolute Gasteiger partial charge is 0.322 e. The summed E-state index contributed by atoms with van der Waals surface area (Å²) in [5.74, 6) is -1.50. The summed E-state index contributed by atoms with van der Waals surface area (Å²) in [6.07, 6.45) is 2.73. The molecule has 0 aliphatic rings. The van der Waals surface area contributed by atoms with E-state index in [-0.39, 0.29) is 16.9 Å². The molecule has 2 N–H and O–H groups in total. The Morgan fingerprint density at radius 1 is 1.11 bits per heavy atom. The highest BCUT2D eigenvalue weighted by Crippen LogP contribution is 2.17. The fourth-order valence-corrected chi connectivity index (χ4v) is 2.53. The van der Waals surface area contributed by atoms with Crippen molar-refractivity contribution in [3.63, 3.8) is 0 Å². The van der Waals surface area contributed by atoms with E-state index in [1.54, 1.807) is 12.1 Å². The molecule has 0 aliphatic heterocycles. The number of anilines is 1. The van der Waals surface area contributed by atoms with Crippen molar-refractivity contribution in [2.75, 3.05) is 5.32 Å². The molecule has 142 valence electrons. The van der Waals surface area contributed by atoms with E-state index < -0.39 is 34.4 Å². The third-order valence-electron chi connectivity index (χ3n) is 3.85. The van der Waals surface area contributed by atoms with Crippen molar-refractivity contribution >= 4 is 17.3 Å². The lowest BCUT2D eigenvalue weighted by Crippen LogP contribution is -2.28. The minimum absolute atomic E-state index is 0.144. The fraction of sp³-hybridized carbons (Fsp3) is 0.0556. The molecule has 2 aromatic heterocycles. The number of nitrogens with one attached hydrogen (secondary N) is 1. The summed E-state index contributed by atoms with van der Waals surface area (Å²) in [7, 11) is 0. The van der Waals surface area contributed by atoms with Crippen LogP contribution in [-0.4, -0.2) is 25.2 Å². The highest BCUT2D eigenvalue weighted by molar-refractivity contribution is 5.90. The van der Waals surface area contributed by atoms with Crippen LogP contribution >= 0.6 is 0 Å². The maximum Gasteiger partial charge on any atom is 0.381 e. The van der Waals surface area contributed by atoms with Gasteiger partial charge in [0.2, 0.25) is 5.91 Å². The molecular formula is C18H14FN4O5+. The fourth-order valence-electron chi connectivity index (χ4n) is 2.53. The maximum atomic E-state index is 14.3. The predicted octanol–water partition coefficient (Wildman–Crippen LogP) is 1.58. The van der Waals surface area contributed by atoms with Crippen LogP contribution in [0.4, 0.5) is 15.8 Å². The van der Waals surface area contributed by atoms with Crippen molar-refractivity contribution in [2.45, 2.75) is 6.54 Å². The SMILES string of the molecule is O=C(Cn1cccc([N+](=O)O)c1=O)Nc1ccc(-n2ccccc2=O)cc1F. The molecule has 10 heteroatoms. The second-order valence-corrected chi connectivity index (χ2v) is 5.72. The van der Waals surface area contributed by atoms with Gasteiger partial charge in [0, 0.05) is 30.6 Å². The molecule has 3 aromatic rings. The van der Waals surface area contributed by atoms with Gasteiger partial charge in [-0.3, -0.25) is 19.0 Å². The van der Waals surface area contributed by atoms with Gasteiger partial charge in [-0.1, -0.05) is 6.07 Å². The van der Waals surface area contributed by atoms with Gasteiger partial charge in [0.05, 0.1) is 16.3 Å². The Morgan fingerprint density at radius 2 is 1.89 bits per heavy atom. The van der Waals surface area contributed by atoms with E-state index in [0.717, 1.165) is 16.7 Å². The van der Waals surface area contributed by atoms with Crippen LogP contribution in [0.25, 0.3) is 5.69 Å². The molecule has 2 heterocycles. The first kappa shape index (κ1) is 18.7. The van der Waals surface area contributed by atoms with Gasteiger partial charge in [-0.15, -0.1) is 0 Å². The molecule has 0 fully saturated rings. The molecule has 0 bridgehead atoms. The van der Waals surface area contributed by atoms with Gasteiger partial charge in [0.25, 0.3) is 10.5 Å². The molecule has 3 rings (SSSR count). The van der Waals surface area contributed by atoms with E-state index in [0.29, 0.717) is 0 Å². The average molecular weight is 385 g/mol. The molecule has 9 nitrogen and oxygen atoms in total. The Bertz CT molecular complexity index is 1180. The van der Waals surface area contributed by atoms with Crippen molar-refractivity contribution in [3.05, 3.63) is 92.4 Å². The summed E-state index contributed by atoms with van der Waals surface area (Å²) in [6, 6.07) is 10.7. The molecule has 0 saturated heterocycles. The van der Waals surface area contributed by atoms with Gasteiger partial charge in [0.1, 0.15) is 12.4 Å². The van der Waals surface area contributed by atoms with Crippen LogP contribution in [0.5, 0.6) is 0 Å². The zero-order valence-electron chi connectivity index (χ0n) is 14.3. The zero-order chi connectivity index (χ0) is 20.3. The average Bonchev–Trinajstić information content (AvgIpc) is 2.65. The van der Waals surface area contributed by atoms with Gasteiger partial charge >= 0.3 is 11.2 Å². The van der Waals surface area contributed by atoms with E-state index in [1.165, 1.54) is 41.2 Å². The van der Waals surface area contributed by atoms with Crippen molar-refractivity contribution in [3.8, 4) is 5.69 Å². The number of halogens is 1. The van der Waals surface area contributed by atoms with E-state index in [4.69, 9.17) is 5.21 Å². The Morgan fingerprint density at radius 3 is 2.57 bits per heavy atom. The Labute approximate surface area is 156 Å². The Hall–Kier alpha value is -4.08. The minimum atomic E-state index is -0.880. The number of carbonyl (C=O) groups excluding carboxylic acids is 1. The number of hydrogen-bond donors (Lipinski definition) is 2. The molecular weight excluding hydrogens is 371 g/mol. The monoisotopic (exact) mass is 385 g/mol. The number of pyridine rings is 2. The third-order valence-corrected chi connectivity index (χ3v) is 3.85. The van der Waals surface area contributed by atoms with Gasteiger partial charge in [0.15, 0.2) is 0 Å². The predicted molar refractivity (Wildman–Crippen MR) is 96.4 cm³/mol. The molecule has 0 atom stereocenters.